The van der Waals surface area contributed by atoms with E-state index in [2.05, 4.69) is 80.8 Å². The molecule has 3 aliphatic rings. The maximum atomic E-state index is 9.52. The minimum atomic E-state index is -0.551. The first kappa shape index (κ1) is 15.9. The molecular weight excluding hydrogens is 304 g/mol. The number of hydrogen-bond acceptors (Lipinski definition) is 2. The lowest BCUT2D eigenvalue weighted by Gasteiger charge is -2.44. The molecule has 4 atom stereocenters. The molecule has 1 aliphatic carbocycles. The van der Waals surface area contributed by atoms with Crippen molar-refractivity contribution in [2.45, 2.75) is 84.6 Å². The molecule has 0 N–H and O–H groups in total. The smallest absolute Gasteiger partial charge is 0.0884 e. The van der Waals surface area contributed by atoms with Gasteiger partial charge in [-0.25, -0.2) is 0 Å². The van der Waals surface area contributed by atoms with Gasteiger partial charge < -0.3 is 4.90 Å². The first-order valence-electron chi connectivity index (χ1n) is 10.6. The number of nitrogens with zero attached hydrogens (tertiary/aromatic N) is 2. The number of benzene rings is 1. The van der Waals surface area contributed by atoms with Crippen LogP contribution < -0.4 is 4.90 Å². The van der Waals surface area contributed by atoms with Gasteiger partial charge >= 0.3 is 0 Å². The van der Waals surface area contributed by atoms with E-state index >= 15 is 0 Å². The Bertz CT molecular complexity index is 700. The molecular formula is C23H34N2. The van der Waals surface area contributed by atoms with Gasteiger partial charge in [-0.3, -0.25) is 4.90 Å². The Labute approximate surface area is 155 Å². The van der Waals surface area contributed by atoms with Crippen LogP contribution in [-0.4, -0.2) is 29.2 Å². The molecule has 3 unspecified atom stereocenters. The molecule has 1 saturated carbocycles. The third kappa shape index (κ3) is 2.73. The first-order valence-corrected chi connectivity index (χ1v) is 10.1. The van der Waals surface area contributed by atoms with Gasteiger partial charge in [-0.2, -0.15) is 0 Å². The number of aryl methyl sites for hydroxylation is 1. The van der Waals surface area contributed by atoms with Crippen LogP contribution in [0.15, 0.2) is 36.4 Å². The highest BCUT2D eigenvalue weighted by atomic mass is 15.5. The maximum Gasteiger partial charge on any atom is 0.0884 e. The third-order valence-electron chi connectivity index (χ3n) is 6.49. The highest BCUT2D eigenvalue weighted by Crippen LogP contribution is 2.47. The summed E-state index contributed by atoms with van der Waals surface area (Å²) in [6.07, 6.45) is 9.78. The molecule has 0 aromatic heterocycles. The number of rotatable bonds is 2. The van der Waals surface area contributed by atoms with Crippen LogP contribution in [0, 0.1) is 18.3 Å². The molecule has 2 nitrogen and oxygen atoms in total. The van der Waals surface area contributed by atoms with Crippen LogP contribution in [-0.2, 0) is 0 Å². The lowest BCUT2D eigenvalue weighted by atomic mass is 9.88. The Morgan fingerprint density at radius 1 is 1.08 bits per heavy atom. The van der Waals surface area contributed by atoms with E-state index in [4.69, 9.17) is 0 Å². The van der Waals surface area contributed by atoms with Crippen molar-refractivity contribution in [3.63, 3.8) is 0 Å². The van der Waals surface area contributed by atoms with Crippen LogP contribution in [0.25, 0.3) is 0 Å². The number of hydrogen-bond donors (Lipinski definition) is 0. The van der Waals surface area contributed by atoms with Crippen molar-refractivity contribution in [3.05, 3.63) is 42.0 Å². The zero-order chi connectivity index (χ0) is 18.7. The van der Waals surface area contributed by atoms with Gasteiger partial charge in [0.15, 0.2) is 0 Å². The SMILES string of the molecule is [2H]C1(C2CCCC2)C=CC2[C@H](C)N(c3ccccc3C)C(C(C)(C)C)N21. The second-order valence-corrected chi connectivity index (χ2v) is 9.34. The summed E-state index contributed by atoms with van der Waals surface area (Å²) >= 11 is 0. The molecule has 2 heteroatoms. The molecule has 2 heterocycles. The van der Waals surface area contributed by atoms with Crippen molar-refractivity contribution in [3.8, 4) is 0 Å². The van der Waals surface area contributed by atoms with Crippen molar-refractivity contribution in [1.82, 2.24) is 4.90 Å². The molecule has 1 saturated heterocycles. The van der Waals surface area contributed by atoms with E-state index in [0.717, 1.165) is 0 Å². The normalized spacial score (nSPS) is 36.9. The Morgan fingerprint density at radius 3 is 2.40 bits per heavy atom. The Balaban J connectivity index is 1.81. The summed E-state index contributed by atoms with van der Waals surface area (Å²) in [7, 11) is 0. The summed E-state index contributed by atoms with van der Waals surface area (Å²) < 4.78 is 9.52. The monoisotopic (exact) mass is 339 g/mol. The lowest BCUT2D eigenvalue weighted by molar-refractivity contribution is 0.0823. The van der Waals surface area contributed by atoms with Crippen molar-refractivity contribution in [2.24, 2.45) is 11.3 Å². The highest BCUT2D eigenvalue weighted by molar-refractivity contribution is 5.57. The molecule has 1 aromatic carbocycles. The van der Waals surface area contributed by atoms with E-state index in [1.165, 1.54) is 36.9 Å². The summed E-state index contributed by atoms with van der Waals surface area (Å²) in [5.41, 5.74) is 2.73. The van der Waals surface area contributed by atoms with Gasteiger partial charge in [0, 0.05) is 17.7 Å². The quantitative estimate of drug-likeness (QED) is 0.668. The van der Waals surface area contributed by atoms with Crippen molar-refractivity contribution in [1.29, 1.82) is 0 Å². The maximum absolute atomic E-state index is 9.52. The molecule has 2 fully saturated rings. The van der Waals surface area contributed by atoms with Gasteiger partial charge in [0.1, 0.15) is 0 Å². The van der Waals surface area contributed by atoms with Gasteiger partial charge in [-0.15, -0.1) is 0 Å². The predicted molar refractivity (Wildman–Crippen MR) is 107 cm³/mol. The fraction of sp³-hybridized carbons (Fsp3) is 0.652. The topological polar surface area (TPSA) is 6.48 Å². The van der Waals surface area contributed by atoms with Crippen LogP contribution in [0.4, 0.5) is 5.69 Å². The first-order chi connectivity index (χ1) is 12.2. The van der Waals surface area contributed by atoms with Crippen LogP contribution in [0.1, 0.15) is 60.3 Å². The standard InChI is InChI=1S/C23H34N2/c1-16-10-6-9-13-19(16)24-17(2)20-14-15-21(18-11-7-8-12-18)25(20)22(24)23(3,4)5/h6,9-10,13-15,17-18,20-22H,7-8,11-12H2,1-5H3/t17-,20?,21?,22?/m0/s1/i21D. The molecule has 0 bridgehead atoms. The molecule has 0 spiro atoms. The predicted octanol–water partition coefficient (Wildman–Crippen LogP) is 5.37. The molecule has 2 aliphatic heterocycles. The van der Waals surface area contributed by atoms with Gasteiger partial charge in [0.2, 0.25) is 0 Å². The molecule has 4 rings (SSSR count). The minimum Gasteiger partial charge on any atom is -0.350 e. The summed E-state index contributed by atoms with van der Waals surface area (Å²) in [5, 5.41) is 0. The van der Waals surface area contributed by atoms with Gasteiger partial charge in [0.05, 0.1) is 13.6 Å². The molecule has 0 radical (unpaired) electrons. The van der Waals surface area contributed by atoms with E-state index in [1.807, 2.05) is 0 Å². The Kier molecular flexibility index (Phi) is 3.93. The van der Waals surface area contributed by atoms with Crippen LogP contribution >= 0.6 is 0 Å². The summed E-state index contributed by atoms with van der Waals surface area (Å²) in [6, 6.07) is 8.91. The van der Waals surface area contributed by atoms with E-state index in [-0.39, 0.29) is 11.6 Å². The van der Waals surface area contributed by atoms with Gasteiger partial charge in [0.25, 0.3) is 0 Å². The zero-order valence-electron chi connectivity index (χ0n) is 17.5. The lowest BCUT2D eigenvalue weighted by Crippen LogP contribution is -2.53. The number of para-hydroxylation sites is 1. The Morgan fingerprint density at radius 2 is 1.76 bits per heavy atom. The second kappa shape index (κ2) is 6.16. The zero-order valence-corrected chi connectivity index (χ0v) is 16.5. The van der Waals surface area contributed by atoms with E-state index < -0.39 is 6.02 Å². The summed E-state index contributed by atoms with van der Waals surface area (Å²) in [4.78, 5) is 5.17. The molecule has 136 valence electrons. The van der Waals surface area contributed by atoms with Crippen molar-refractivity contribution >= 4 is 5.69 Å². The second-order valence-electron chi connectivity index (χ2n) is 9.34. The van der Waals surface area contributed by atoms with Gasteiger partial charge in [-0.1, -0.05) is 64.0 Å². The average Bonchev–Trinajstić information content (AvgIpc) is 3.26. The fourth-order valence-electron chi connectivity index (χ4n) is 5.37. The molecule has 1 aromatic rings. The van der Waals surface area contributed by atoms with Crippen molar-refractivity contribution in [2.75, 3.05) is 4.90 Å². The molecule has 25 heavy (non-hydrogen) atoms. The van der Waals surface area contributed by atoms with Crippen LogP contribution in [0.2, 0.25) is 0 Å². The largest absolute Gasteiger partial charge is 0.350 e. The number of fused-ring (bicyclic) bond motifs is 1. The Hall–Kier alpha value is -1.28. The van der Waals surface area contributed by atoms with E-state index in [9.17, 15) is 1.37 Å². The highest BCUT2D eigenvalue weighted by Gasteiger charge is 2.54. The fourth-order valence-corrected chi connectivity index (χ4v) is 5.37. The van der Waals surface area contributed by atoms with E-state index in [0.29, 0.717) is 18.0 Å². The van der Waals surface area contributed by atoms with Crippen LogP contribution in [0.3, 0.4) is 0 Å². The third-order valence-corrected chi connectivity index (χ3v) is 6.49. The number of anilines is 1. The van der Waals surface area contributed by atoms with Gasteiger partial charge in [-0.05, 0) is 49.7 Å². The molecule has 0 amide bonds. The van der Waals surface area contributed by atoms with E-state index in [1.54, 1.807) is 0 Å². The summed E-state index contributed by atoms with van der Waals surface area (Å²) in [6.45, 7) is 11.6. The van der Waals surface area contributed by atoms with Crippen LogP contribution in [0.5, 0.6) is 0 Å². The average molecular weight is 340 g/mol. The van der Waals surface area contributed by atoms with Crippen molar-refractivity contribution < 1.29 is 1.37 Å². The summed E-state index contributed by atoms with van der Waals surface area (Å²) in [5.74, 6) is 0.470. The minimum absolute atomic E-state index is 0.0716.